The first-order valence-corrected chi connectivity index (χ1v) is 6.45. The van der Waals surface area contributed by atoms with Crippen molar-refractivity contribution in [2.45, 2.75) is 18.9 Å². The number of nitrogens with zero attached hydrogens (tertiary/aromatic N) is 1. The predicted octanol–water partition coefficient (Wildman–Crippen LogP) is 1.51. The topological polar surface area (TPSA) is 69.6 Å². The van der Waals surface area contributed by atoms with Crippen molar-refractivity contribution < 1.29 is 14.7 Å². The first-order chi connectivity index (χ1) is 9.06. The van der Waals surface area contributed by atoms with Gasteiger partial charge in [-0.05, 0) is 37.1 Å². The number of carboxylic acids is 1. The van der Waals surface area contributed by atoms with E-state index in [1.165, 1.54) is 4.90 Å². The lowest BCUT2D eigenvalue weighted by atomic mass is 10.2. The van der Waals surface area contributed by atoms with Crippen LogP contribution in [0.15, 0.2) is 24.3 Å². The lowest BCUT2D eigenvalue weighted by molar-refractivity contribution is -0.136. The molecule has 0 heterocycles. The average molecular weight is 283 g/mol. The highest BCUT2D eigenvalue weighted by Crippen LogP contribution is 2.20. The molecule has 0 atom stereocenters. The van der Waals surface area contributed by atoms with Gasteiger partial charge in [0, 0.05) is 16.8 Å². The van der Waals surface area contributed by atoms with Gasteiger partial charge in [-0.3, -0.25) is 9.59 Å². The van der Waals surface area contributed by atoms with Gasteiger partial charge in [0.2, 0.25) is 5.91 Å². The van der Waals surface area contributed by atoms with Gasteiger partial charge < -0.3 is 15.3 Å². The molecule has 0 bridgehead atoms. The minimum absolute atomic E-state index is 0.153. The van der Waals surface area contributed by atoms with Crippen LogP contribution in [0, 0.1) is 0 Å². The smallest absolute Gasteiger partial charge is 0.323 e. The van der Waals surface area contributed by atoms with E-state index in [4.69, 9.17) is 16.7 Å². The molecule has 0 saturated heterocycles. The van der Waals surface area contributed by atoms with Crippen molar-refractivity contribution in [2.75, 3.05) is 18.0 Å². The SMILES string of the molecule is O=C(O)CN(C(=O)CNC1CC1)c1ccc(Cl)cc1. The monoisotopic (exact) mass is 282 g/mol. The highest BCUT2D eigenvalue weighted by atomic mass is 35.5. The second kappa shape index (κ2) is 6.04. The van der Waals surface area contributed by atoms with Crippen molar-refractivity contribution in [1.29, 1.82) is 0 Å². The summed E-state index contributed by atoms with van der Waals surface area (Å²) in [5.74, 6) is -1.30. The van der Waals surface area contributed by atoms with E-state index in [2.05, 4.69) is 5.32 Å². The summed E-state index contributed by atoms with van der Waals surface area (Å²) in [7, 11) is 0. The van der Waals surface area contributed by atoms with Crippen LogP contribution in [0.3, 0.4) is 0 Å². The van der Waals surface area contributed by atoms with Gasteiger partial charge in [-0.25, -0.2) is 0 Å². The number of carbonyl (C=O) groups is 2. The average Bonchev–Trinajstić information content (AvgIpc) is 3.18. The van der Waals surface area contributed by atoms with E-state index in [1.54, 1.807) is 24.3 Å². The van der Waals surface area contributed by atoms with Crippen molar-refractivity contribution in [3.63, 3.8) is 0 Å². The van der Waals surface area contributed by atoms with Crippen LogP contribution in [0.25, 0.3) is 0 Å². The normalized spacial score (nSPS) is 14.2. The third kappa shape index (κ3) is 4.22. The Morgan fingerprint density at radius 3 is 2.47 bits per heavy atom. The second-order valence-corrected chi connectivity index (χ2v) is 4.94. The maximum Gasteiger partial charge on any atom is 0.323 e. The first kappa shape index (κ1) is 13.8. The zero-order chi connectivity index (χ0) is 13.8. The summed E-state index contributed by atoms with van der Waals surface area (Å²) in [4.78, 5) is 24.2. The number of rotatable bonds is 6. The molecule has 2 rings (SSSR count). The van der Waals surface area contributed by atoms with Crippen molar-refractivity contribution in [3.8, 4) is 0 Å². The van der Waals surface area contributed by atoms with Crippen molar-refractivity contribution >= 4 is 29.2 Å². The third-order valence-electron chi connectivity index (χ3n) is 2.85. The number of carboxylic acid groups (broad SMARTS) is 1. The molecule has 2 N–H and O–H groups in total. The number of hydrogen-bond acceptors (Lipinski definition) is 3. The van der Waals surface area contributed by atoms with Crippen molar-refractivity contribution in [2.24, 2.45) is 0 Å². The molecule has 1 aromatic rings. The highest BCUT2D eigenvalue weighted by molar-refractivity contribution is 6.30. The number of nitrogens with one attached hydrogen (secondary N) is 1. The fourth-order valence-electron chi connectivity index (χ4n) is 1.69. The number of benzene rings is 1. The van der Waals surface area contributed by atoms with E-state index >= 15 is 0 Å². The highest BCUT2D eigenvalue weighted by Gasteiger charge is 2.24. The molecule has 0 radical (unpaired) electrons. The molecule has 1 saturated carbocycles. The fraction of sp³-hybridized carbons (Fsp3) is 0.385. The molecule has 1 aliphatic carbocycles. The van der Waals surface area contributed by atoms with E-state index in [9.17, 15) is 9.59 Å². The molecular weight excluding hydrogens is 268 g/mol. The summed E-state index contributed by atoms with van der Waals surface area (Å²) >= 11 is 5.78. The Hall–Kier alpha value is -1.59. The zero-order valence-corrected chi connectivity index (χ0v) is 11.1. The molecule has 1 aromatic carbocycles. The van der Waals surface area contributed by atoms with Gasteiger partial charge in [0.05, 0.1) is 6.54 Å². The van der Waals surface area contributed by atoms with Crippen LogP contribution in [0.5, 0.6) is 0 Å². The van der Waals surface area contributed by atoms with Gasteiger partial charge in [0.15, 0.2) is 0 Å². The summed E-state index contributed by atoms with van der Waals surface area (Å²) in [6.07, 6.45) is 2.15. The van der Waals surface area contributed by atoms with E-state index in [0.29, 0.717) is 16.8 Å². The van der Waals surface area contributed by atoms with E-state index in [-0.39, 0.29) is 19.0 Å². The van der Waals surface area contributed by atoms with Gasteiger partial charge in [0.1, 0.15) is 6.54 Å². The molecular formula is C13H15ClN2O3. The maximum atomic E-state index is 12.1. The Morgan fingerprint density at radius 1 is 1.32 bits per heavy atom. The summed E-state index contributed by atoms with van der Waals surface area (Å²) in [6.45, 7) is -0.201. The molecule has 1 amide bonds. The van der Waals surface area contributed by atoms with Gasteiger partial charge in [-0.2, -0.15) is 0 Å². The Bertz CT molecular complexity index is 471. The first-order valence-electron chi connectivity index (χ1n) is 6.07. The van der Waals surface area contributed by atoms with Gasteiger partial charge in [0.25, 0.3) is 0 Å². The number of hydrogen-bond donors (Lipinski definition) is 2. The van der Waals surface area contributed by atoms with Crippen LogP contribution in [0.2, 0.25) is 5.02 Å². The summed E-state index contributed by atoms with van der Waals surface area (Å²) in [6, 6.07) is 6.95. The minimum atomic E-state index is -1.05. The molecule has 19 heavy (non-hydrogen) atoms. The molecule has 6 heteroatoms. The van der Waals surface area contributed by atoms with E-state index < -0.39 is 5.97 Å². The van der Waals surface area contributed by atoms with Crippen LogP contribution in [0.4, 0.5) is 5.69 Å². The van der Waals surface area contributed by atoms with Crippen molar-refractivity contribution in [1.82, 2.24) is 5.32 Å². The maximum absolute atomic E-state index is 12.1. The van der Waals surface area contributed by atoms with Crippen LogP contribution in [-0.2, 0) is 9.59 Å². The summed E-state index contributed by atoms with van der Waals surface area (Å²) in [5.41, 5.74) is 0.536. The summed E-state index contributed by atoms with van der Waals surface area (Å²) < 4.78 is 0. The van der Waals surface area contributed by atoms with Crippen LogP contribution < -0.4 is 10.2 Å². The molecule has 1 fully saturated rings. The Morgan fingerprint density at radius 2 is 1.95 bits per heavy atom. The quantitative estimate of drug-likeness (QED) is 0.830. The number of carbonyl (C=O) groups excluding carboxylic acids is 1. The Labute approximate surface area is 116 Å². The molecule has 0 unspecified atom stereocenters. The standard InChI is InChI=1S/C13H15ClN2O3/c14-9-1-5-11(6-2-9)16(8-13(18)19)12(17)7-15-10-3-4-10/h1-2,5-6,10,15H,3-4,7-8H2,(H,18,19). The minimum Gasteiger partial charge on any atom is -0.480 e. The number of aliphatic carboxylic acids is 1. The molecule has 102 valence electrons. The molecule has 0 aliphatic heterocycles. The lowest BCUT2D eigenvalue weighted by Crippen LogP contribution is -2.41. The third-order valence-corrected chi connectivity index (χ3v) is 3.10. The predicted molar refractivity (Wildman–Crippen MR) is 72.5 cm³/mol. The zero-order valence-electron chi connectivity index (χ0n) is 10.3. The molecule has 1 aliphatic rings. The van der Waals surface area contributed by atoms with Crippen LogP contribution in [-0.4, -0.2) is 36.1 Å². The Balaban J connectivity index is 2.06. The van der Waals surface area contributed by atoms with E-state index in [1.807, 2.05) is 0 Å². The second-order valence-electron chi connectivity index (χ2n) is 4.51. The van der Waals surface area contributed by atoms with Crippen LogP contribution in [0.1, 0.15) is 12.8 Å². The number of amides is 1. The van der Waals surface area contributed by atoms with Gasteiger partial charge >= 0.3 is 5.97 Å². The Kier molecular flexibility index (Phi) is 4.39. The molecule has 5 nitrogen and oxygen atoms in total. The van der Waals surface area contributed by atoms with Gasteiger partial charge in [-0.15, -0.1) is 0 Å². The molecule has 0 aromatic heterocycles. The lowest BCUT2D eigenvalue weighted by Gasteiger charge is -2.21. The van der Waals surface area contributed by atoms with E-state index in [0.717, 1.165) is 12.8 Å². The number of anilines is 1. The molecule has 0 spiro atoms. The van der Waals surface area contributed by atoms with Crippen molar-refractivity contribution in [3.05, 3.63) is 29.3 Å². The summed E-state index contributed by atoms with van der Waals surface area (Å²) in [5, 5.41) is 12.5. The largest absolute Gasteiger partial charge is 0.480 e. The van der Waals surface area contributed by atoms with Crippen LogP contribution >= 0.6 is 11.6 Å². The fourth-order valence-corrected chi connectivity index (χ4v) is 1.82. The number of halogens is 1. The van der Waals surface area contributed by atoms with Gasteiger partial charge in [-0.1, -0.05) is 11.6 Å².